The van der Waals surface area contributed by atoms with Crippen LogP contribution in [-0.2, 0) is 12.8 Å². The molecule has 0 spiro atoms. The topological polar surface area (TPSA) is 82.2 Å². The first-order valence-electron chi connectivity index (χ1n) is 9.14. The molecule has 0 unspecified atom stereocenters. The third-order valence-electron chi connectivity index (χ3n) is 4.32. The van der Waals surface area contributed by atoms with Gasteiger partial charge in [0.15, 0.2) is 5.76 Å². The summed E-state index contributed by atoms with van der Waals surface area (Å²) in [6, 6.07) is 11.1. The molecule has 4 aromatic rings. The number of aromatic nitrogens is 3. The summed E-state index contributed by atoms with van der Waals surface area (Å²) in [5, 5.41) is 6.31. The van der Waals surface area contributed by atoms with Crippen LogP contribution in [0.4, 0.5) is 23.2 Å². The number of ether oxygens (including phenoxy) is 1. The number of hydrogen-bond donors (Lipinski definition) is 1. The van der Waals surface area contributed by atoms with Crippen LogP contribution in [0.3, 0.4) is 0 Å². The van der Waals surface area contributed by atoms with Gasteiger partial charge >= 0.3 is 6.18 Å². The fraction of sp³-hybridized carbons (Fsp3) is 0.0952. The molecular weight excluding hydrogens is 432 g/mol. The fourth-order valence-electron chi connectivity index (χ4n) is 2.79. The number of carbonyl (C=O) groups excluding carboxylic acids is 1. The van der Waals surface area contributed by atoms with Crippen molar-refractivity contribution in [3.63, 3.8) is 0 Å². The van der Waals surface area contributed by atoms with Crippen LogP contribution in [0.25, 0.3) is 5.69 Å². The summed E-state index contributed by atoms with van der Waals surface area (Å²) < 4.78 is 64.5. The standard InChI is InChI=1S/C21H14F4N4O3/c22-14-2-4-15(5-3-14)31-10-16-6-8-19(32-16)20(30)28-17-9-13(21(23,24)25)1-7-18(17)29-12-26-11-27-29/h1-9,11-12H,10H2,(H,28,30). The van der Waals surface area contributed by atoms with E-state index in [1.165, 1.54) is 59.8 Å². The summed E-state index contributed by atoms with van der Waals surface area (Å²) in [6.45, 7) is -0.0350. The molecule has 0 bridgehead atoms. The minimum atomic E-state index is -4.60. The number of furan rings is 1. The first-order chi connectivity index (χ1) is 15.3. The molecule has 2 heterocycles. The summed E-state index contributed by atoms with van der Waals surface area (Å²) in [4.78, 5) is 16.4. The molecule has 1 amide bonds. The van der Waals surface area contributed by atoms with E-state index in [0.29, 0.717) is 11.5 Å². The van der Waals surface area contributed by atoms with Gasteiger partial charge in [-0.25, -0.2) is 14.1 Å². The molecule has 0 atom stereocenters. The second kappa shape index (κ2) is 8.53. The molecule has 0 radical (unpaired) electrons. The molecule has 4 rings (SSSR count). The number of anilines is 1. The van der Waals surface area contributed by atoms with Crippen molar-refractivity contribution in [2.45, 2.75) is 12.8 Å². The second-order valence-electron chi connectivity index (χ2n) is 6.53. The average Bonchev–Trinajstić information content (AvgIpc) is 3.45. The second-order valence-corrected chi connectivity index (χ2v) is 6.53. The van der Waals surface area contributed by atoms with E-state index in [0.717, 1.165) is 12.1 Å². The van der Waals surface area contributed by atoms with Crippen LogP contribution < -0.4 is 10.1 Å². The molecule has 0 fully saturated rings. The van der Waals surface area contributed by atoms with E-state index in [9.17, 15) is 22.4 Å². The molecule has 7 nitrogen and oxygen atoms in total. The lowest BCUT2D eigenvalue weighted by Crippen LogP contribution is -2.15. The highest BCUT2D eigenvalue weighted by molar-refractivity contribution is 6.03. The normalized spacial score (nSPS) is 11.4. The maximum atomic E-state index is 13.2. The summed E-state index contributed by atoms with van der Waals surface area (Å²) in [7, 11) is 0. The van der Waals surface area contributed by atoms with E-state index in [2.05, 4.69) is 15.4 Å². The van der Waals surface area contributed by atoms with Gasteiger partial charge in [-0.2, -0.15) is 18.3 Å². The van der Waals surface area contributed by atoms with Crippen molar-refractivity contribution in [2.75, 3.05) is 5.32 Å². The molecular formula is C21H14F4N4O3. The molecule has 0 aliphatic carbocycles. The number of alkyl halides is 3. The number of nitrogens with zero attached hydrogens (tertiary/aromatic N) is 3. The molecule has 164 valence electrons. The summed E-state index contributed by atoms with van der Waals surface area (Å²) >= 11 is 0. The van der Waals surface area contributed by atoms with E-state index < -0.39 is 23.5 Å². The SMILES string of the molecule is O=C(Nc1cc(C(F)(F)F)ccc1-n1cncn1)c1ccc(COc2ccc(F)cc2)o1. The monoisotopic (exact) mass is 446 g/mol. The van der Waals surface area contributed by atoms with Crippen molar-refractivity contribution in [3.05, 3.63) is 90.2 Å². The highest BCUT2D eigenvalue weighted by Crippen LogP contribution is 2.33. The van der Waals surface area contributed by atoms with E-state index in [1.807, 2.05) is 0 Å². The number of amides is 1. The van der Waals surface area contributed by atoms with Crippen LogP contribution in [0.2, 0.25) is 0 Å². The zero-order valence-corrected chi connectivity index (χ0v) is 16.1. The first kappa shape index (κ1) is 21.1. The maximum absolute atomic E-state index is 13.2. The van der Waals surface area contributed by atoms with E-state index in [1.54, 1.807) is 0 Å². The smallest absolute Gasteiger partial charge is 0.416 e. The molecule has 0 aliphatic rings. The van der Waals surface area contributed by atoms with Gasteiger partial charge in [0.25, 0.3) is 5.91 Å². The first-order valence-corrected chi connectivity index (χ1v) is 9.14. The molecule has 0 saturated carbocycles. The van der Waals surface area contributed by atoms with Gasteiger partial charge in [0, 0.05) is 0 Å². The fourth-order valence-corrected chi connectivity index (χ4v) is 2.79. The van der Waals surface area contributed by atoms with Crippen molar-refractivity contribution in [1.82, 2.24) is 14.8 Å². The zero-order valence-electron chi connectivity index (χ0n) is 16.1. The Labute approximate surface area is 178 Å². The Morgan fingerprint density at radius 2 is 1.88 bits per heavy atom. The van der Waals surface area contributed by atoms with Gasteiger partial charge in [-0.1, -0.05) is 0 Å². The lowest BCUT2D eigenvalue weighted by Gasteiger charge is -2.14. The van der Waals surface area contributed by atoms with Crippen LogP contribution in [0.5, 0.6) is 5.75 Å². The Morgan fingerprint density at radius 3 is 2.56 bits per heavy atom. The van der Waals surface area contributed by atoms with Crippen molar-refractivity contribution in [2.24, 2.45) is 0 Å². The Hall–Kier alpha value is -4.15. The van der Waals surface area contributed by atoms with Gasteiger partial charge in [-0.3, -0.25) is 4.79 Å². The number of carbonyl (C=O) groups is 1. The molecule has 0 aliphatic heterocycles. The zero-order chi connectivity index (χ0) is 22.7. The lowest BCUT2D eigenvalue weighted by atomic mass is 10.1. The number of benzene rings is 2. The molecule has 11 heteroatoms. The summed E-state index contributed by atoms with van der Waals surface area (Å²) in [5.74, 6) is -0.618. The van der Waals surface area contributed by atoms with Crippen LogP contribution >= 0.6 is 0 Å². The number of nitrogens with one attached hydrogen (secondary N) is 1. The average molecular weight is 446 g/mol. The van der Waals surface area contributed by atoms with Crippen molar-refractivity contribution in [1.29, 1.82) is 0 Å². The van der Waals surface area contributed by atoms with Crippen molar-refractivity contribution >= 4 is 11.6 Å². The molecule has 1 N–H and O–H groups in total. The Morgan fingerprint density at radius 1 is 1.09 bits per heavy atom. The Kier molecular flexibility index (Phi) is 5.63. The van der Waals surface area contributed by atoms with Crippen molar-refractivity contribution < 1.29 is 31.5 Å². The molecule has 2 aromatic heterocycles. The maximum Gasteiger partial charge on any atom is 0.416 e. The van der Waals surface area contributed by atoms with Gasteiger partial charge < -0.3 is 14.5 Å². The third kappa shape index (κ3) is 4.77. The number of hydrogen-bond acceptors (Lipinski definition) is 5. The summed E-state index contributed by atoms with van der Waals surface area (Å²) in [6.07, 6.45) is -2.10. The summed E-state index contributed by atoms with van der Waals surface area (Å²) in [5.41, 5.74) is -0.879. The number of rotatable bonds is 6. The van der Waals surface area contributed by atoms with Gasteiger partial charge in [-0.15, -0.1) is 0 Å². The predicted octanol–water partition coefficient (Wildman–Crippen LogP) is 4.85. The van der Waals surface area contributed by atoms with Crippen LogP contribution in [0.15, 0.2) is 71.7 Å². The van der Waals surface area contributed by atoms with Gasteiger partial charge in [0.05, 0.1) is 16.9 Å². The molecule has 2 aromatic carbocycles. The van der Waals surface area contributed by atoms with Crippen molar-refractivity contribution in [3.8, 4) is 11.4 Å². The van der Waals surface area contributed by atoms with E-state index in [4.69, 9.17) is 9.15 Å². The Balaban J connectivity index is 1.51. The minimum absolute atomic E-state index is 0.0350. The van der Waals surface area contributed by atoms with Gasteiger partial charge in [0.1, 0.15) is 36.6 Å². The van der Waals surface area contributed by atoms with E-state index in [-0.39, 0.29) is 23.7 Å². The Bertz CT molecular complexity index is 1220. The van der Waals surface area contributed by atoms with E-state index >= 15 is 0 Å². The number of halogens is 4. The van der Waals surface area contributed by atoms with Crippen LogP contribution in [-0.4, -0.2) is 20.7 Å². The predicted molar refractivity (Wildman–Crippen MR) is 104 cm³/mol. The third-order valence-corrected chi connectivity index (χ3v) is 4.32. The molecule has 32 heavy (non-hydrogen) atoms. The highest BCUT2D eigenvalue weighted by atomic mass is 19.4. The lowest BCUT2D eigenvalue weighted by molar-refractivity contribution is -0.137. The van der Waals surface area contributed by atoms with Gasteiger partial charge in [0.2, 0.25) is 0 Å². The highest BCUT2D eigenvalue weighted by Gasteiger charge is 2.31. The minimum Gasteiger partial charge on any atom is -0.486 e. The quantitative estimate of drug-likeness (QED) is 0.428. The van der Waals surface area contributed by atoms with Crippen LogP contribution in [0.1, 0.15) is 21.9 Å². The van der Waals surface area contributed by atoms with Crippen LogP contribution in [0, 0.1) is 5.82 Å². The molecule has 0 saturated heterocycles. The van der Waals surface area contributed by atoms with Gasteiger partial charge in [-0.05, 0) is 54.6 Å². The largest absolute Gasteiger partial charge is 0.486 e.